The summed E-state index contributed by atoms with van der Waals surface area (Å²) in [6, 6.07) is 7.68. The molecule has 0 heterocycles. The average Bonchev–Trinajstić information content (AvgIpc) is 2.65. The Bertz CT molecular complexity index is 543. The first-order valence-corrected chi connectivity index (χ1v) is 9.53. The first-order chi connectivity index (χ1) is 12.2. The summed E-state index contributed by atoms with van der Waals surface area (Å²) >= 11 is 0. The Hall–Kier alpha value is -1.80. The number of hydrogen-bond acceptors (Lipinski definition) is 2. The minimum atomic E-state index is -0.634. The molecule has 0 saturated carbocycles. The first-order valence-electron chi connectivity index (χ1n) is 9.53. The topological polar surface area (TPSA) is 29.5 Å². The zero-order valence-electron chi connectivity index (χ0n) is 15.9. The van der Waals surface area contributed by atoms with E-state index < -0.39 is 6.10 Å². The normalized spacial score (nSPS) is 13.2. The van der Waals surface area contributed by atoms with Crippen LogP contribution in [0.1, 0.15) is 70.0 Å². The van der Waals surface area contributed by atoms with Gasteiger partial charge in [-0.05, 0) is 24.5 Å². The molecule has 1 atom stereocenters. The zero-order valence-corrected chi connectivity index (χ0v) is 15.9. The molecule has 25 heavy (non-hydrogen) atoms. The highest BCUT2D eigenvalue weighted by Gasteiger charge is 2.16. The Balaban J connectivity index is 2.68. The number of benzene rings is 1. The lowest BCUT2D eigenvalue weighted by Gasteiger charge is -2.18. The molecule has 0 saturated heterocycles. The predicted octanol–water partition coefficient (Wildman–Crippen LogP) is 6.54. The lowest BCUT2D eigenvalue weighted by molar-refractivity contribution is 0.205. The quantitative estimate of drug-likeness (QED) is 0.326. The summed E-state index contributed by atoms with van der Waals surface area (Å²) in [5.74, 6) is 0.730. The molecule has 1 rings (SSSR count). The van der Waals surface area contributed by atoms with E-state index in [0.717, 1.165) is 29.7 Å². The molecule has 1 aromatic carbocycles. The van der Waals surface area contributed by atoms with E-state index in [9.17, 15) is 5.11 Å². The highest BCUT2D eigenvalue weighted by atomic mass is 16.5. The standard InChI is InChI=1S/C23H34O2/c1-4-6-8-9-10-11-13-17-20(16-12-7-5-2)23(24)21-18-14-15-19-22(21)25-3/h5,7,12,14-16,18-19,23-24H,2,4,6,8-11,13,17H2,1,3H3. The Morgan fingerprint density at radius 1 is 1.08 bits per heavy atom. The lowest BCUT2D eigenvalue weighted by Crippen LogP contribution is -2.04. The molecule has 0 spiro atoms. The molecule has 0 fully saturated rings. The van der Waals surface area contributed by atoms with E-state index in [2.05, 4.69) is 13.5 Å². The van der Waals surface area contributed by atoms with Gasteiger partial charge in [-0.1, -0.05) is 94.5 Å². The van der Waals surface area contributed by atoms with E-state index in [1.807, 2.05) is 42.5 Å². The van der Waals surface area contributed by atoms with Crippen molar-refractivity contribution in [3.05, 3.63) is 66.3 Å². The van der Waals surface area contributed by atoms with Crippen LogP contribution in [0.5, 0.6) is 5.75 Å². The van der Waals surface area contributed by atoms with Gasteiger partial charge in [0, 0.05) is 5.56 Å². The third-order valence-corrected chi connectivity index (χ3v) is 4.41. The SMILES string of the molecule is C=CC=CC=C(CCCCCCCCC)C(O)c1ccccc1OC. The van der Waals surface area contributed by atoms with Crippen molar-refractivity contribution >= 4 is 0 Å². The number of aliphatic hydroxyl groups is 1. The monoisotopic (exact) mass is 342 g/mol. The minimum Gasteiger partial charge on any atom is -0.496 e. The summed E-state index contributed by atoms with van der Waals surface area (Å²) in [6.45, 7) is 5.94. The van der Waals surface area contributed by atoms with Crippen LogP contribution in [-0.2, 0) is 0 Å². The number of aliphatic hydroxyl groups excluding tert-OH is 1. The number of unbranched alkanes of at least 4 members (excludes halogenated alkanes) is 6. The van der Waals surface area contributed by atoms with Crippen LogP contribution < -0.4 is 4.74 Å². The molecule has 0 aliphatic heterocycles. The summed E-state index contributed by atoms with van der Waals surface area (Å²) < 4.78 is 5.40. The first kappa shape index (κ1) is 21.2. The molecule has 1 unspecified atom stereocenters. The molecule has 0 aromatic heterocycles. The van der Waals surface area contributed by atoms with Gasteiger partial charge in [-0.15, -0.1) is 0 Å². The Kier molecular flexibility index (Phi) is 11.5. The molecule has 2 nitrogen and oxygen atoms in total. The van der Waals surface area contributed by atoms with Crippen molar-refractivity contribution in [1.82, 2.24) is 0 Å². The van der Waals surface area contributed by atoms with Gasteiger partial charge in [0.15, 0.2) is 0 Å². The van der Waals surface area contributed by atoms with Crippen LogP contribution in [0.15, 0.2) is 60.7 Å². The van der Waals surface area contributed by atoms with Crippen molar-refractivity contribution in [3.8, 4) is 5.75 Å². The smallest absolute Gasteiger partial charge is 0.124 e. The van der Waals surface area contributed by atoms with E-state index >= 15 is 0 Å². The van der Waals surface area contributed by atoms with Gasteiger partial charge in [0.05, 0.1) is 7.11 Å². The van der Waals surface area contributed by atoms with Gasteiger partial charge in [0.25, 0.3) is 0 Å². The zero-order chi connectivity index (χ0) is 18.3. The maximum Gasteiger partial charge on any atom is 0.124 e. The second-order valence-corrected chi connectivity index (χ2v) is 6.38. The van der Waals surface area contributed by atoms with Crippen molar-refractivity contribution in [2.24, 2.45) is 0 Å². The van der Waals surface area contributed by atoms with E-state index in [1.54, 1.807) is 13.2 Å². The molecule has 1 aromatic rings. The van der Waals surface area contributed by atoms with Crippen LogP contribution in [0.2, 0.25) is 0 Å². The van der Waals surface area contributed by atoms with Crippen LogP contribution in [-0.4, -0.2) is 12.2 Å². The van der Waals surface area contributed by atoms with Crippen molar-refractivity contribution in [3.63, 3.8) is 0 Å². The fourth-order valence-corrected chi connectivity index (χ4v) is 2.95. The number of methoxy groups -OCH3 is 1. The molecular formula is C23H34O2. The summed E-state index contributed by atoms with van der Waals surface area (Å²) in [5, 5.41) is 10.9. The van der Waals surface area contributed by atoms with E-state index in [4.69, 9.17) is 4.74 Å². The molecule has 0 bridgehead atoms. The molecular weight excluding hydrogens is 308 g/mol. The third-order valence-electron chi connectivity index (χ3n) is 4.41. The average molecular weight is 343 g/mol. The van der Waals surface area contributed by atoms with Crippen LogP contribution in [0.4, 0.5) is 0 Å². The van der Waals surface area contributed by atoms with E-state index in [0.29, 0.717) is 0 Å². The molecule has 0 aliphatic rings. The maximum absolute atomic E-state index is 10.9. The number of hydrogen-bond donors (Lipinski definition) is 1. The number of allylic oxidation sites excluding steroid dienone is 4. The summed E-state index contributed by atoms with van der Waals surface area (Å²) in [7, 11) is 1.64. The van der Waals surface area contributed by atoms with Gasteiger partial charge < -0.3 is 9.84 Å². The number of rotatable bonds is 13. The Morgan fingerprint density at radius 2 is 1.76 bits per heavy atom. The number of ether oxygens (including phenoxy) is 1. The summed E-state index contributed by atoms with van der Waals surface area (Å²) in [6.07, 6.45) is 16.7. The van der Waals surface area contributed by atoms with Crippen LogP contribution in [0.3, 0.4) is 0 Å². The molecule has 0 radical (unpaired) electrons. The summed E-state index contributed by atoms with van der Waals surface area (Å²) in [4.78, 5) is 0. The van der Waals surface area contributed by atoms with E-state index in [1.165, 1.54) is 38.5 Å². The second kappa shape index (κ2) is 13.5. The van der Waals surface area contributed by atoms with Gasteiger partial charge in [-0.2, -0.15) is 0 Å². The van der Waals surface area contributed by atoms with Crippen molar-refractivity contribution in [2.75, 3.05) is 7.11 Å². The van der Waals surface area contributed by atoms with Gasteiger partial charge in [-0.25, -0.2) is 0 Å². The van der Waals surface area contributed by atoms with Crippen molar-refractivity contribution < 1.29 is 9.84 Å². The molecule has 0 aliphatic carbocycles. The second-order valence-electron chi connectivity index (χ2n) is 6.38. The van der Waals surface area contributed by atoms with Crippen molar-refractivity contribution in [1.29, 1.82) is 0 Å². The van der Waals surface area contributed by atoms with E-state index in [-0.39, 0.29) is 0 Å². The molecule has 2 heteroatoms. The Labute approximate surface area is 153 Å². The fourth-order valence-electron chi connectivity index (χ4n) is 2.95. The molecule has 138 valence electrons. The van der Waals surface area contributed by atoms with Crippen LogP contribution >= 0.6 is 0 Å². The van der Waals surface area contributed by atoms with Gasteiger partial charge >= 0.3 is 0 Å². The lowest BCUT2D eigenvalue weighted by atomic mass is 9.95. The van der Waals surface area contributed by atoms with Crippen molar-refractivity contribution in [2.45, 2.75) is 64.4 Å². The third kappa shape index (κ3) is 8.22. The highest BCUT2D eigenvalue weighted by Crippen LogP contribution is 2.32. The van der Waals surface area contributed by atoms with Crippen LogP contribution in [0, 0.1) is 0 Å². The summed E-state index contributed by atoms with van der Waals surface area (Å²) in [5.41, 5.74) is 1.85. The molecule has 1 N–H and O–H groups in total. The molecule has 0 amide bonds. The maximum atomic E-state index is 10.9. The Morgan fingerprint density at radius 3 is 2.44 bits per heavy atom. The predicted molar refractivity (Wildman–Crippen MR) is 108 cm³/mol. The number of para-hydroxylation sites is 1. The fraction of sp³-hybridized carbons (Fsp3) is 0.478. The minimum absolute atomic E-state index is 0.634. The van der Waals surface area contributed by atoms with Crippen LogP contribution in [0.25, 0.3) is 0 Å². The van der Waals surface area contributed by atoms with Gasteiger partial charge in [0.2, 0.25) is 0 Å². The highest BCUT2D eigenvalue weighted by molar-refractivity contribution is 5.39. The largest absolute Gasteiger partial charge is 0.496 e. The van der Waals surface area contributed by atoms with Gasteiger partial charge in [0.1, 0.15) is 11.9 Å². The van der Waals surface area contributed by atoms with Gasteiger partial charge in [-0.3, -0.25) is 0 Å².